The van der Waals surface area contributed by atoms with Crippen LogP contribution in [0, 0.1) is 11.8 Å². The predicted octanol–water partition coefficient (Wildman–Crippen LogP) is 2.90. The maximum Gasteiger partial charge on any atom is 0.133 e. The fourth-order valence-corrected chi connectivity index (χ4v) is 1.54. The molecule has 0 saturated carbocycles. The van der Waals surface area contributed by atoms with E-state index in [-0.39, 0.29) is 19.5 Å². The summed E-state index contributed by atoms with van der Waals surface area (Å²) in [6.45, 7) is 9.77. The molecule has 0 heterocycles. The largest absolute Gasteiger partial charge is 0.371 e. The topological polar surface area (TPSA) is 12.0 Å². The molecule has 0 atom stereocenters. The van der Waals surface area contributed by atoms with Crippen molar-refractivity contribution < 1.29 is 19.5 Å². The first-order valence-electron chi connectivity index (χ1n) is 4.43. The summed E-state index contributed by atoms with van der Waals surface area (Å²) in [4.78, 5) is 0. The van der Waals surface area contributed by atoms with Crippen LogP contribution in [0.3, 0.4) is 0 Å². The van der Waals surface area contributed by atoms with Gasteiger partial charge in [0.15, 0.2) is 0 Å². The minimum absolute atomic E-state index is 0. The molecule has 0 radical (unpaired) electrons. The number of thiocarbonyl (C=S) groups is 1. The van der Waals surface area contributed by atoms with Crippen LogP contribution in [0.5, 0.6) is 0 Å². The van der Waals surface area contributed by atoms with E-state index in [1.54, 1.807) is 11.8 Å². The van der Waals surface area contributed by atoms with E-state index in [2.05, 4.69) is 33.0 Å². The molecule has 0 unspecified atom stereocenters. The Morgan fingerprint density at radius 3 is 2.15 bits per heavy atom. The molecule has 0 bridgehead atoms. The van der Waals surface area contributed by atoms with Crippen molar-refractivity contribution in [1.82, 2.24) is 5.32 Å². The van der Waals surface area contributed by atoms with Crippen molar-refractivity contribution in [3.05, 3.63) is 0 Å². The van der Waals surface area contributed by atoms with Crippen LogP contribution in [0.4, 0.5) is 0 Å². The zero-order valence-corrected chi connectivity index (χ0v) is 13.7. The molecule has 0 aliphatic carbocycles. The van der Waals surface area contributed by atoms with Crippen molar-refractivity contribution in [3.63, 3.8) is 0 Å². The zero-order valence-electron chi connectivity index (χ0n) is 9.09. The molecule has 0 aromatic rings. The second-order valence-corrected chi connectivity index (χ2v) is 5.46. The molecular weight excluding hydrogens is 252 g/mol. The SMILES string of the molecule is CC(C)CNC(=S)SCC(C)C.[Zn]. The van der Waals surface area contributed by atoms with Gasteiger partial charge in [0.2, 0.25) is 0 Å². The number of nitrogens with one attached hydrogen (secondary N) is 1. The molecule has 0 rings (SSSR count). The fraction of sp³-hybridized carbons (Fsp3) is 0.889. The van der Waals surface area contributed by atoms with Gasteiger partial charge in [0.1, 0.15) is 4.32 Å². The molecule has 74 valence electrons. The second-order valence-electron chi connectivity index (χ2n) is 3.77. The quantitative estimate of drug-likeness (QED) is 0.623. The number of hydrogen-bond acceptors (Lipinski definition) is 2. The van der Waals surface area contributed by atoms with Crippen LogP contribution in [-0.4, -0.2) is 16.6 Å². The van der Waals surface area contributed by atoms with Crippen molar-refractivity contribution in [2.75, 3.05) is 12.3 Å². The maximum atomic E-state index is 5.14. The molecule has 0 aliphatic rings. The van der Waals surface area contributed by atoms with E-state index in [1.807, 2.05) is 0 Å². The Labute approximate surface area is 105 Å². The van der Waals surface area contributed by atoms with Crippen molar-refractivity contribution in [2.24, 2.45) is 11.8 Å². The van der Waals surface area contributed by atoms with E-state index in [0.29, 0.717) is 11.8 Å². The van der Waals surface area contributed by atoms with E-state index < -0.39 is 0 Å². The monoisotopic (exact) mass is 269 g/mol. The van der Waals surface area contributed by atoms with Crippen LogP contribution in [0.15, 0.2) is 0 Å². The number of hydrogen-bond donors (Lipinski definition) is 1. The Morgan fingerprint density at radius 1 is 1.23 bits per heavy atom. The van der Waals surface area contributed by atoms with Crippen LogP contribution < -0.4 is 5.32 Å². The van der Waals surface area contributed by atoms with E-state index in [9.17, 15) is 0 Å². The van der Waals surface area contributed by atoms with Crippen molar-refractivity contribution in [2.45, 2.75) is 27.7 Å². The summed E-state index contributed by atoms with van der Waals surface area (Å²) < 4.78 is 0.942. The van der Waals surface area contributed by atoms with Gasteiger partial charge < -0.3 is 5.32 Å². The molecule has 13 heavy (non-hydrogen) atoms. The predicted molar refractivity (Wildman–Crippen MR) is 62.7 cm³/mol. The summed E-state index contributed by atoms with van der Waals surface area (Å²) in [5, 5.41) is 3.23. The zero-order chi connectivity index (χ0) is 9.56. The van der Waals surface area contributed by atoms with Crippen molar-refractivity contribution in [3.8, 4) is 0 Å². The summed E-state index contributed by atoms with van der Waals surface area (Å²) in [5.74, 6) is 2.50. The third kappa shape index (κ3) is 12.9. The smallest absolute Gasteiger partial charge is 0.133 e. The minimum atomic E-state index is 0. The molecular formula is C9H19NS2Zn. The Hall–Kier alpha value is 0.863. The molecule has 0 aliphatic heterocycles. The van der Waals surface area contributed by atoms with E-state index in [4.69, 9.17) is 12.2 Å². The van der Waals surface area contributed by atoms with Gasteiger partial charge in [-0.1, -0.05) is 51.7 Å². The van der Waals surface area contributed by atoms with E-state index >= 15 is 0 Å². The third-order valence-electron chi connectivity index (χ3n) is 1.20. The molecule has 1 nitrogen and oxygen atoms in total. The molecule has 0 fully saturated rings. The molecule has 0 saturated heterocycles. The van der Waals surface area contributed by atoms with Gasteiger partial charge in [0.25, 0.3) is 0 Å². The molecule has 4 heteroatoms. The van der Waals surface area contributed by atoms with Gasteiger partial charge >= 0.3 is 0 Å². The first-order chi connectivity index (χ1) is 5.52. The van der Waals surface area contributed by atoms with E-state index in [0.717, 1.165) is 16.6 Å². The Morgan fingerprint density at radius 2 is 1.77 bits per heavy atom. The standard InChI is InChI=1S/C9H19NS2.Zn/c1-7(2)5-10-9(11)12-6-8(3)4;/h7-8H,5-6H2,1-4H3,(H,10,11);. The summed E-state index contributed by atoms with van der Waals surface area (Å²) in [7, 11) is 0. The Bertz CT molecular complexity index is 124. The van der Waals surface area contributed by atoms with Crippen molar-refractivity contribution in [1.29, 1.82) is 0 Å². The second kappa shape index (κ2) is 9.42. The van der Waals surface area contributed by atoms with Gasteiger partial charge in [0.05, 0.1) is 0 Å². The average Bonchev–Trinajstić information content (AvgIpc) is 1.96. The number of thioether (sulfide) groups is 1. The fourth-order valence-electron chi connectivity index (χ4n) is 0.581. The van der Waals surface area contributed by atoms with Crippen LogP contribution in [0.1, 0.15) is 27.7 Å². The van der Waals surface area contributed by atoms with Gasteiger partial charge in [-0.05, 0) is 11.8 Å². The third-order valence-corrected chi connectivity index (χ3v) is 2.94. The summed E-state index contributed by atoms with van der Waals surface area (Å²) in [6.07, 6.45) is 0. The average molecular weight is 271 g/mol. The summed E-state index contributed by atoms with van der Waals surface area (Å²) >= 11 is 6.89. The van der Waals surface area contributed by atoms with Crippen molar-refractivity contribution >= 4 is 28.3 Å². The number of rotatable bonds is 4. The van der Waals surface area contributed by atoms with Gasteiger partial charge in [-0.2, -0.15) is 0 Å². The molecule has 0 aromatic heterocycles. The molecule has 0 aromatic carbocycles. The minimum Gasteiger partial charge on any atom is -0.371 e. The van der Waals surface area contributed by atoms with Crippen LogP contribution in [-0.2, 0) is 19.5 Å². The Balaban J connectivity index is 0. The van der Waals surface area contributed by atoms with Gasteiger partial charge in [-0.3, -0.25) is 0 Å². The molecule has 0 spiro atoms. The first kappa shape index (κ1) is 16.3. The van der Waals surface area contributed by atoms with Crippen LogP contribution in [0.2, 0.25) is 0 Å². The van der Waals surface area contributed by atoms with Crippen LogP contribution in [0.25, 0.3) is 0 Å². The van der Waals surface area contributed by atoms with Gasteiger partial charge in [-0.25, -0.2) is 0 Å². The van der Waals surface area contributed by atoms with Gasteiger partial charge in [-0.15, -0.1) is 0 Å². The molecule has 0 amide bonds. The van der Waals surface area contributed by atoms with Gasteiger partial charge in [0, 0.05) is 31.8 Å². The van der Waals surface area contributed by atoms with Crippen LogP contribution >= 0.6 is 24.0 Å². The summed E-state index contributed by atoms with van der Waals surface area (Å²) in [6, 6.07) is 0. The summed E-state index contributed by atoms with van der Waals surface area (Å²) in [5.41, 5.74) is 0. The van der Waals surface area contributed by atoms with E-state index in [1.165, 1.54) is 0 Å². The normalized spacial score (nSPS) is 10.0. The molecule has 1 N–H and O–H groups in total. The Kier molecular flexibility index (Phi) is 11.8. The maximum absolute atomic E-state index is 5.14. The first-order valence-corrected chi connectivity index (χ1v) is 5.82.